The van der Waals surface area contributed by atoms with E-state index < -0.39 is 34.4 Å². The zero-order valence-corrected chi connectivity index (χ0v) is 18.0. The highest BCUT2D eigenvalue weighted by atomic mass is 16.6. The molecule has 1 aliphatic carbocycles. The molecule has 0 radical (unpaired) electrons. The number of carbonyl (C=O) groups excluding carboxylic acids is 3. The van der Waals surface area contributed by atoms with Gasteiger partial charge in [-0.2, -0.15) is 0 Å². The lowest BCUT2D eigenvalue weighted by atomic mass is 9.96. The average Bonchev–Trinajstić information content (AvgIpc) is 3.04. The SMILES string of the molecule is Cc1ccn(C(=O)C(C)N2C(=O)c3cccc([N+](=O)[O-])c3C2=O)c(=NC2CCCCC2)c1. The first kappa shape index (κ1) is 21.6. The van der Waals surface area contributed by atoms with E-state index in [9.17, 15) is 24.5 Å². The monoisotopic (exact) mass is 436 g/mol. The van der Waals surface area contributed by atoms with E-state index in [0.717, 1.165) is 36.1 Å². The first-order valence-electron chi connectivity index (χ1n) is 10.7. The van der Waals surface area contributed by atoms with Crippen LogP contribution in [0.25, 0.3) is 0 Å². The highest BCUT2D eigenvalue weighted by Crippen LogP contribution is 2.32. The van der Waals surface area contributed by atoms with Gasteiger partial charge in [-0.1, -0.05) is 25.3 Å². The van der Waals surface area contributed by atoms with Crippen molar-refractivity contribution in [3.05, 3.63) is 68.8 Å². The smallest absolute Gasteiger partial charge is 0.272 e. The number of nitrogens with zero attached hydrogens (tertiary/aromatic N) is 4. The Bertz CT molecular complexity index is 1190. The molecule has 2 heterocycles. The normalized spacial score (nSPS) is 18.1. The Morgan fingerprint density at radius 1 is 1.16 bits per heavy atom. The summed E-state index contributed by atoms with van der Waals surface area (Å²) >= 11 is 0. The van der Waals surface area contributed by atoms with E-state index in [0.29, 0.717) is 5.49 Å². The molecule has 1 aromatic heterocycles. The molecular weight excluding hydrogens is 412 g/mol. The topological polar surface area (TPSA) is 115 Å². The number of pyridine rings is 1. The third-order valence-corrected chi connectivity index (χ3v) is 6.08. The standard InChI is InChI=1S/C23H24N4O5/c1-14-11-12-25(19(13-14)24-16-7-4-3-5-8-16)21(28)15(2)26-22(29)17-9-6-10-18(27(31)32)20(17)23(26)30/h6,9-13,15-16H,3-5,7-8H2,1-2H3. The van der Waals surface area contributed by atoms with Crippen LogP contribution in [0.1, 0.15) is 70.1 Å². The number of hydrogen-bond acceptors (Lipinski definition) is 6. The number of nitro benzene ring substituents is 1. The summed E-state index contributed by atoms with van der Waals surface area (Å²) in [6.07, 6.45) is 6.88. The van der Waals surface area contributed by atoms with Gasteiger partial charge >= 0.3 is 0 Å². The lowest BCUT2D eigenvalue weighted by Gasteiger charge is -2.23. The molecule has 9 heteroatoms. The molecule has 1 aromatic carbocycles. The predicted molar refractivity (Wildman–Crippen MR) is 115 cm³/mol. The van der Waals surface area contributed by atoms with E-state index in [-0.39, 0.29) is 17.2 Å². The second-order valence-corrected chi connectivity index (χ2v) is 8.30. The van der Waals surface area contributed by atoms with E-state index in [1.165, 1.54) is 36.1 Å². The van der Waals surface area contributed by atoms with E-state index in [2.05, 4.69) is 0 Å². The number of aryl methyl sites for hydroxylation is 1. The highest BCUT2D eigenvalue weighted by Gasteiger charge is 2.45. The molecule has 2 aliphatic rings. The van der Waals surface area contributed by atoms with Gasteiger partial charge in [-0.3, -0.25) is 39.0 Å². The fraction of sp³-hybridized carbons (Fsp3) is 0.391. The summed E-state index contributed by atoms with van der Waals surface area (Å²) in [6.45, 7) is 3.36. The van der Waals surface area contributed by atoms with Crippen molar-refractivity contribution >= 4 is 23.4 Å². The zero-order valence-electron chi connectivity index (χ0n) is 18.0. The number of imide groups is 1. The molecule has 1 saturated carbocycles. The molecule has 166 valence electrons. The quantitative estimate of drug-likeness (QED) is 0.414. The van der Waals surface area contributed by atoms with Gasteiger partial charge in [0.05, 0.1) is 16.5 Å². The first-order valence-corrected chi connectivity index (χ1v) is 10.7. The van der Waals surface area contributed by atoms with Crippen molar-refractivity contribution in [3.63, 3.8) is 0 Å². The summed E-state index contributed by atoms with van der Waals surface area (Å²) in [6, 6.07) is 6.44. The van der Waals surface area contributed by atoms with Crippen molar-refractivity contribution in [2.24, 2.45) is 4.99 Å². The zero-order chi connectivity index (χ0) is 23.0. The second kappa shape index (κ2) is 8.49. The van der Waals surface area contributed by atoms with Crippen LogP contribution in [0.3, 0.4) is 0 Å². The Labute approximate surface area is 184 Å². The third kappa shape index (κ3) is 3.74. The Balaban J connectivity index is 1.70. The van der Waals surface area contributed by atoms with Crippen molar-refractivity contribution in [2.75, 3.05) is 0 Å². The van der Waals surface area contributed by atoms with Gasteiger partial charge in [-0.15, -0.1) is 0 Å². The van der Waals surface area contributed by atoms with Crippen LogP contribution in [0.4, 0.5) is 5.69 Å². The minimum absolute atomic E-state index is 0.0649. The fourth-order valence-corrected chi connectivity index (χ4v) is 4.37. The van der Waals surface area contributed by atoms with Crippen LogP contribution < -0.4 is 5.49 Å². The van der Waals surface area contributed by atoms with Gasteiger partial charge < -0.3 is 0 Å². The van der Waals surface area contributed by atoms with Crippen molar-refractivity contribution in [1.82, 2.24) is 9.47 Å². The van der Waals surface area contributed by atoms with Gasteiger partial charge in [0.2, 0.25) is 0 Å². The van der Waals surface area contributed by atoms with Gasteiger partial charge in [0, 0.05) is 12.3 Å². The summed E-state index contributed by atoms with van der Waals surface area (Å²) in [7, 11) is 0. The van der Waals surface area contributed by atoms with Crippen LogP contribution in [0, 0.1) is 17.0 Å². The maximum atomic E-state index is 13.4. The molecule has 4 rings (SSSR count). The van der Waals surface area contributed by atoms with Crippen molar-refractivity contribution in [2.45, 2.75) is 58.0 Å². The third-order valence-electron chi connectivity index (χ3n) is 6.08. The summed E-state index contributed by atoms with van der Waals surface area (Å²) in [5, 5.41) is 11.4. The molecule has 0 spiro atoms. The first-order chi connectivity index (χ1) is 15.3. The summed E-state index contributed by atoms with van der Waals surface area (Å²) in [5.41, 5.74) is 0.635. The Morgan fingerprint density at radius 3 is 2.56 bits per heavy atom. The number of aromatic nitrogens is 1. The molecule has 0 bridgehead atoms. The fourth-order valence-electron chi connectivity index (χ4n) is 4.37. The molecule has 2 amide bonds. The summed E-state index contributed by atoms with van der Waals surface area (Å²) in [4.78, 5) is 55.5. The maximum Gasteiger partial charge on any atom is 0.282 e. The number of nitro groups is 1. The van der Waals surface area contributed by atoms with Crippen LogP contribution >= 0.6 is 0 Å². The highest BCUT2D eigenvalue weighted by molar-refractivity contribution is 6.24. The van der Waals surface area contributed by atoms with Crippen LogP contribution in [0.5, 0.6) is 0 Å². The van der Waals surface area contributed by atoms with Gasteiger partial charge in [0.15, 0.2) is 0 Å². The van der Waals surface area contributed by atoms with Crippen LogP contribution in [0.2, 0.25) is 0 Å². The van der Waals surface area contributed by atoms with E-state index in [1.54, 1.807) is 12.3 Å². The van der Waals surface area contributed by atoms with Crippen molar-refractivity contribution < 1.29 is 19.3 Å². The van der Waals surface area contributed by atoms with Crippen molar-refractivity contribution in [1.29, 1.82) is 0 Å². The van der Waals surface area contributed by atoms with Gasteiger partial charge in [0.25, 0.3) is 23.4 Å². The largest absolute Gasteiger partial charge is 0.282 e. The Kier molecular flexibility index (Phi) is 5.73. The predicted octanol–water partition coefficient (Wildman–Crippen LogP) is 3.26. The molecule has 0 N–H and O–H groups in total. The maximum absolute atomic E-state index is 13.4. The number of fused-ring (bicyclic) bond motifs is 1. The number of carbonyl (C=O) groups is 3. The molecule has 1 fully saturated rings. The summed E-state index contributed by atoms with van der Waals surface area (Å²) < 4.78 is 1.37. The molecule has 1 atom stereocenters. The van der Waals surface area contributed by atoms with E-state index in [1.807, 2.05) is 13.0 Å². The molecular formula is C23H24N4O5. The van der Waals surface area contributed by atoms with Crippen molar-refractivity contribution in [3.8, 4) is 0 Å². The Hall–Kier alpha value is -3.62. The average molecular weight is 436 g/mol. The number of hydrogen-bond donors (Lipinski definition) is 0. The van der Waals surface area contributed by atoms with E-state index >= 15 is 0 Å². The lowest BCUT2D eigenvalue weighted by Crippen LogP contribution is -2.47. The van der Waals surface area contributed by atoms with Gasteiger partial charge in [-0.25, -0.2) is 0 Å². The second-order valence-electron chi connectivity index (χ2n) is 8.30. The minimum Gasteiger partial charge on any atom is -0.272 e. The van der Waals surface area contributed by atoms with E-state index in [4.69, 9.17) is 4.99 Å². The van der Waals surface area contributed by atoms with Gasteiger partial charge in [0.1, 0.15) is 17.1 Å². The Morgan fingerprint density at radius 2 is 1.88 bits per heavy atom. The van der Waals surface area contributed by atoms with Gasteiger partial charge in [-0.05, 0) is 50.5 Å². The molecule has 1 aliphatic heterocycles. The molecule has 1 unspecified atom stereocenters. The number of rotatable bonds is 4. The number of benzene rings is 1. The molecule has 0 saturated heterocycles. The molecule has 2 aromatic rings. The summed E-state index contributed by atoms with van der Waals surface area (Å²) in [5.74, 6) is -2.05. The number of amides is 2. The van der Waals surface area contributed by atoms with Crippen LogP contribution in [-0.2, 0) is 0 Å². The lowest BCUT2D eigenvalue weighted by molar-refractivity contribution is -0.385. The molecule has 9 nitrogen and oxygen atoms in total. The minimum atomic E-state index is -1.16. The van der Waals surface area contributed by atoms with Crippen LogP contribution in [-0.4, -0.2) is 44.2 Å². The molecule has 32 heavy (non-hydrogen) atoms. The van der Waals surface area contributed by atoms with Crippen LogP contribution in [0.15, 0.2) is 41.5 Å².